The molecule has 0 radical (unpaired) electrons. The van der Waals surface area contributed by atoms with Gasteiger partial charge in [-0.05, 0) is 30.5 Å². The second-order valence-corrected chi connectivity index (χ2v) is 6.84. The third-order valence-electron chi connectivity index (χ3n) is 4.23. The van der Waals surface area contributed by atoms with Crippen molar-refractivity contribution in [3.63, 3.8) is 0 Å². The number of nitrogens with one attached hydrogen (secondary N) is 1. The molecule has 4 rings (SSSR count). The van der Waals surface area contributed by atoms with E-state index in [1.54, 1.807) is 17.7 Å². The van der Waals surface area contributed by atoms with Crippen molar-refractivity contribution in [1.29, 1.82) is 0 Å². The van der Waals surface area contributed by atoms with Crippen LogP contribution in [0, 0.1) is 0 Å². The van der Waals surface area contributed by atoms with Gasteiger partial charge in [0, 0.05) is 18.8 Å². The molecule has 3 heterocycles. The summed E-state index contributed by atoms with van der Waals surface area (Å²) in [7, 11) is 0. The molecule has 7 nitrogen and oxygen atoms in total. The Kier molecular flexibility index (Phi) is 4.99. The summed E-state index contributed by atoms with van der Waals surface area (Å²) >= 11 is 1.57. The number of fused-ring (bicyclic) bond motifs is 1. The van der Waals surface area contributed by atoms with E-state index in [0.29, 0.717) is 24.1 Å². The number of para-hydroxylation sites is 1. The van der Waals surface area contributed by atoms with E-state index >= 15 is 0 Å². The van der Waals surface area contributed by atoms with Crippen LogP contribution in [-0.2, 0) is 0 Å². The Morgan fingerprint density at radius 3 is 2.81 bits per heavy atom. The molecule has 0 aliphatic carbocycles. The van der Waals surface area contributed by atoms with Gasteiger partial charge in [0.1, 0.15) is 22.8 Å². The average molecular weight is 380 g/mol. The van der Waals surface area contributed by atoms with Gasteiger partial charge in [-0.2, -0.15) is 4.98 Å². The molecule has 0 fully saturated rings. The lowest BCUT2D eigenvalue weighted by Crippen LogP contribution is -2.28. The third kappa shape index (κ3) is 3.62. The number of rotatable bonds is 7. The molecule has 0 unspecified atom stereocenters. The highest BCUT2D eigenvalue weighted by Gasteiger charge is 2.14. The number of anilines is 3. The summed E-state index contributed by atoms with van der Waals surface area (Å²) in [6, 6.07) is 12.0. The van der Waals surface area contributed by atoms with Gasteiger partial charge in [0.05, 0.1) is 18.2 Å². The van der Waals surface area contributed by atoms with Gasteiger partial charge in [0.2, 0.25) is 5.95 Å². The second-order valence-electron chi connectivity index (χ2n) is 5.94. The molecule has 27 heavy (non-hydrogen) atoms. The van der Waals surface area contributed by atoms with Crippen LogP contribution in [0.4, 0.5) is 17.6 Å². The second kappa shape index (κ2) is 7.73. The Morgan fingerprint density at radius 1 is 1.19 bits per heavy atom. The Labute approximate surface area is 161 Å². The highest BCUT2D eigenvalue weighted by molar-refractivity contribution is 7.16. The Bertz CT molecular complexity index is 1030. The van der Waals surface area contributed by atoms with E-state index in [-0.39, 0.29) is 6.61 Å². The maximum absolute atomic E-state index is 9.29. The normalized spacial score (nSPS) is 11.0. The minimum absolute atomic E-state index is 0.0594. The standard InChI is InChI=1S/C19H20N6OS/c1-2-24(9-10-26)19-22-17(15-8-11-27-18(15)23-19)21-16-12-25(13-20-16)14-6-4-3-5-7-14/h3-8,11-13,26H,2,9-10H2,1H3,(H,21,22,23). The molecule has 0 atom stereocenters. The smallest absolute Gasteiger partial charge is 0.228 e. The monoisotopic (exact) mass is 380 g/mol. The maximum Gasteiger partial charge on any atom is 0.228 e. The molecule has 4 aromatic rings. The summed E-state index contributed by atoms with van der Waals surface area (Å²) in [4.78, 5) is 16.6. The zero-order chi connectivity index (χ0) is 18.6. The molecule has 0 bridgehead atoms. The lowest BCUT2D eigenvalue weighted by molar-refractivity contribution is 0.302. The van der Waals surface area contributed by atoms with Gasteiger partial charge in [0.15, 0.2) is 0 Å². The van der Waals surface area contributed by atoms with Crippen molar-refractivity contribution in [2.24, 2.45) is 0 Å². The van der Waals surface area contributed by atoms with E-state index in [0.717, 1.165) is 22.4 Å². The molecule has 1 aromatic carbocycles. The molecule has 0 aliphatic rings. The summed E-state index contributed by atoms with van der Waals surface area (Å²) in [5.41, 5.74) is 1.04. The summed E-state index contributed by atoms with van der Waals surface area (Å²) in [5.74, 6) is 2.03. The maximum atomic E-state index is 9.29. The number of aliphatic hydroxyl groups is 1. The van der Waals surface area contributed by atoms with E-state index in [1.165, 1.54) is 0 Å². The van der Waals surface area contributed by atoms with Crippen molar-refractivity contribution in [2.45, 2.75) is 6.92 Å². The Hall–Kier alpha value is -2.97. The topological polar surface area (TPSA) is 79.1 Å². The van der Waals surface area contributed by atoms with E-state index in [9.17, 15) is 5.11 Å². The zero-order valence-corrected chi connectivity index (χ0v) is 15.7. The molecule has 0 saturated heterocycles. The van der Waals surface area contributed by atoms with Crippen LogP contribution in [-0.4, -0.2) is 44.3 Å². The number of thiophene rings is 1. The summed E-state index contributed by atoms with van der Waals surface area (Å²) in [6.45, 7) is 3.30. The lowest BCUT2D eigenvalue weighted by atomic mass is 10.3. The van der Waals surface area contributed by atoms with Gasteiger partial charge in [-0.3, -0.25) is 0 Å². The third-order valence-corrected chi connectivity index (χ3v) is 5.04. The van der Waals surface area contributed by atoms with E-state index in [2.05, 4.69) is 15.3 Å². The molecule has 2 N–H and O–H groups in total. The molecule has 138 valence electrons. The fraction of sp³-hybridized carbons (Fsp3) is 0.211. The quantitative estimate of drug-likeness (QED) is 0.511. The van der Waals surface area contributed by atoms with Crippen molar-refractivity contribution < 1.29 is 5.11 Å². The minimum atomic E-state index is 0.0594. The molecule has 8 heteroatoms. The summed E-state index contributed by atoms with van der Waals surface area (Å²) in [5, 5.41) is 15.6. The first-order valence-electron chi connectivity index (χ1n) is 8.76. The van der Waals surface area contributed by atoms with Crippen LogP contribution in [0.1, 0.15) is 6.92 Å². The predicted octanol–water partition coefficient (Wildman–Crippen LogP) is 3.44. The SMILES string of the molecule is CCN(CCO)c1nc(Nc2cn(-c3ccccc3)cn2)c2ccsc2n1. The molecular formula is C19H20N6OS. The number of benzene rings is 1. The first kappa shape index (κ1) is 17.4. The largest absolute Gasteiger partial charge is 0.395 e. The van der Waals surface area contributed by atoms with Crippen molar-refractivity contribution in [1.82, 2.24) is 19.5 Å². The molecule has 0 spiro atoms. The van der Waals surface area contributed by atoms with Crippen LogP contribution >= 0.6 is 11.3 Å². The van der Waals surface area contributed by atoms with E-state index < -0.39 is 0 Å². The number of hydrogen-bond acceptors (Lipinski definition) is 7. The fourth-order valence-electron chi connectivity index (χ4n) is 2.85. The van der Waals surface area contributed by atoms with Crippen LogP contribution in [0.2, 0.25) is 0 Å². The number of imidazole rings is 1. The van der Waals surface area contributed by atoms with Crippen molar-refractivity contribution in [3.05, 3.63) is 54.3 Å². The van der Waals surface area contributed by atoms with Crippen LogP contribution in [0.5, 0.6) is 0 Å². The number of likely N-dealkylation sites (N-methyl/N-ethyl adjacent to an activating group) is 1. The van der Waals surface area contributed by atoms with Crippen LogP contribution in [0.15, 0.2) is 54.3 Å². The highest BCUT2D eigenvalue weighted by Crippen LogP contribution is 2.29. The number of hydrogen-bond donors (Lipinski definition) is 2. The van der Waals surface area contributed by atoms with E-state index in [4.69, 9.17) is 4.98 Å². The predicted molar refractivity (Wildman–Crippen MR) is 109 cm³/mol. The van der Waals surface area contributed by atoms with Gasteiger partial charge in [-0.15, -0.1) is 11.3 Å². The van der Waals surface area contributed by atoms with Crippen LogP contribution in [0.3, 0.4) is 0 Å². The van der Waals surface area contributed by atoms with Crippen molar-refractivity contribution in [2.75, 3.05) is 29.9 Å². The molecule has 0 saturated carbocycles. The highest BCUT2D eigenvalue weighted by atomic mass is 32.1. The number of aromatic nitrogens is 4. The zero-order valence-electron chi connectivity index (χ0n) is 14.9. The first-order chi connectivity index (χ1) is 13.3. The van der Waals surface area contributed by atoms with Gasteiger partial charge < -0.3 is 19.9 Å². The molecule has 0 amide bonds. The molecular weight excluding hydrogens is 360 g/mol. The van der Waals surface area contributed by atoms with Crippen molar-refractivity contribution >= 4 is 39.1 Å². The van der Waals surface area contributed by atoms with Gasteiger partial charge in [-0.1, -0.05) is 18.2 Å². The lowest BCUT2D eigenvalue weighted by Gasteiger charge is -2.20. The molecule has 3 aromatic heterocycles. The fourth-order valence-corrected chi connectivity index (χ4v) is 3.61. The van der Waals surface area contributed by atoms with Gasteiger partial charge in [-0.25, -0.2) is 9.97 Å². The van der Waals surface area contributed by atoms with Gasteiger partial charge in [0.25, 0.3) is 0 Å². The molecule has 0 aliphatic heterocycles. The summed E-state index contributed by atoms with van der Waals surface area (Å²) in [6.07, 6.45) is 3.70. The van der Waals surface area contributed by atoms with Crippen molar-refractivity contribution in [3.8, 4) is 5.69 Å². The van der Waals surface area contributed by atoms with Crippen LogP contribution in [0.25, 0.3) is 15.9 Å². The van der Waals surface area contributed by atoms with Gasteiger partial charge >= 0.3 is 0 Å². The Morgan fingerprint density at radius 2 is 2.04 bits per heavy atom. The first-order valence-corrected chi connectivity index (χ1v) is 9.64. The average Bonchev–Trinajstić information content (AvgIpc) is 3.36. The Balaban J connectivity index is 1.67. The summed E-state index contributed by atoms with van der Waals surface area (Å²) < 4.78 is 1.96. The van der Waals surface area contributed by atoms with E-state index in [1.807, 2.05) is 64.4 Å². The van der Waals surface area contributed by atoms with Crippen LogP contribution < -0.4 is 10.2 Å². The minimum Gasteiger partial charge on any atom is -0.395 e. The number of nitrogens with zero attached hydrogens (tertiary/aromatic N) is 5. The number of aliphatic hydroxyl groups excluding tert-OH is 1.